The summed E-state index contributed by atoms with van der Waals surface area (Å²) in [6.45, 7) is 5.46. The SMILES string of the molecule is CCNC(=O)[C@@H]1CCCN(Cc2ccc(SC)c(OC)c2)C1. The van der Waals surface area contributed by atoms with Crippen molar-refractivity contribution >= 4 is 17.7 Å². The van der Waals surface area contributed by atoms with Crippen molar-refractivity contribution in [3.8, 4) is 5.75 Å². The number of ether oxygens (including phenoxy) is 1. The summed E-state index contributed by atoms with van der Waals surface area (Å²) in [6.07, 6.45) is 4.14. The van der Waals surface area contributed by atoms with Crippen molar-refractivity contribution in [1.82, 2.24) is 10.2 Å². The van der Waals surface area contributed by atoms with E-state index in [-0.39, 0.29) is 11.8 Å². The van der Waals surface area contributed by atoms with E-state index in [2.05, 4.69) is 34.7 Å². The molecule has 1 aliphatic rings. The molecule has 2 rings (SSSR count). The van der Waals surface area contributed by atoms with Crippen LogP contribution in [0.4, 0.5) is 0 Å². The monoisotopic (exact) mass is 322 g/mol. The van der Waals surface area contributed by atoms with Crippen LogP contribution >= 0.6 is 11.8 Å². The summed E-state index contributed by atoms with van der Waals surface area (Å²) in [6, 6.07) is 6.38. The first-order valence-corrected chi connectivity index (χ1v) is 9.11. The van der Waals surface area contributed by atoms with E-state index in [9.17, 15) is 4.79 Å². The summed E-state index contributed by atoms with van der Waals surface area (Å²) in [7, 11) is 1.71. The van der Waals surface area contributed by atoms with E-state index in [0.29, 0.717) is 6.54 Å². The van der Waals surface area contributed by atoms with Crippen molar-refractivity contribution in [2.45, 2.75) is 31.2 Å². The summed E-state index contributed by atoms with van der Waals surface area (Å²) in [4.78, 5) is 15.5. The zero-order valence-electron chi connectivity index (χ0n) is 13.7. The Labute approximate surface area is 137 Å². The van der Waals surface area contributed by atoms with Gasteiger partial charge in [0.25, 0.3) is 0 Å². The number of methoxy groups -OCH3 is 1. The number of amides is 1. The highest BCUT2D eigenvalue weighted by molar-refractivity contribution is 7.98. The van der Waals surface area contributed by atoms with Crippen molar-refractivity contribution in [2.24, 2.45) is 5.92 Å². The molecule has 1 aliphatic heterocycles. The zero-order chi connectivity index (χ0) is 15.9. The van der Waals surface area contributed by atoms with Crippen LogP contribution in [-0.2, 0) is 11.3 Å². The second kappa shape index (κ2) is 8.44. The number of piperidine rings is 1. The van der Waals surface area contributed by atoms with Gasteiger partial charge in [-0.2, -0.15) is 0 Å². The molecule has 1 aromatic rings. The maximum Gasteiger partial charge on any atom is 0.224 e. The molecule has 122 valence electrons. The standard InChI is InChI=1S/C17H26N2O2S/c1-4-18-17(20)14-6-5-9-19(12-14)11-13-7-8-16(22-3)15(10-13)21-2/h7-8,10,14H,4-6,9,11-12H2,1-3H3,(H,18,20)/t14-/m1/s1. The Morgan fingerprint density at radius 1 is 1.50 bits per heavy atom. The number of likely N-dealkylation sites (tertiary alicyclic amines) is 1. The molecule has 1 fully saturated rings. The van der Waals surface area contributed by atoms with E-state index in [4.69, 9.17) is 4.74 Å². The quantitative estimate of drug-likeness (QED) is 0.818. The lowest BCUT2D eigenvalue weighted by molar-refractivity contribution is -0.126. The molecule has 22 heavy (non-hydrogen) atoms. The molecule has 0 bridgehead atoms. The van der Waals surface area contributed by atoms with Crippen LogP contribution in [0.3, 0.4) is 0 Å². The summed E-state index contributed by atoms with van der Waals surface area (Å²) in [5, 5.41) is 2.94. The molecule has 1 heterocycles. The highest BCUT2D eigenvalue weighted by Crippen LogP contribution is 2.29. The highest BCUT2D eigenvalue weighted by atomic mass is 32.2. The van der Waals surface area contributed by atoms with Gasteiger partial charge in [0.1, 0.15) is 5.75 Å². The molecule has 1 saturated heterocycles. The Bertz CT molecular complexity index is 507. The molecule has 0 unspecified atom stereocenters. The second-order valence-corrected chi connectivity index (χ2v) is 6.51. The number of hydrogen-bond acceptors (Lipinski definition) is 4. The topological polar surface area (TPSA) is 41.6 Å². The van der Waals surface area contributed by atoms with Crippen LogP contribution in [0.5, 0.6) is 5.75 Å². The Balaban J connectivity index is 1.99. The summed E-state index contributed by atoms with van der Waals surface area (Å²) in [5.74, 6) is 1.26. The fraction of sp³-hybridized carbons (Fsp3) is 0.588. The third kappa shape index (κ3) is 4.40. The van der Waals surface area contributed by atoms with Gasteiger partial charge >= 0.3 is 0 Å². The summed E-state index contributed by atoms with van der Waals surface area (Å²) in [5.41, 5.74) is 1.24. The van der Waals surface area contributed by atoms with Crippen LogP contribution in [-0.4, -0.2) is 43.8 Å². The molecule has 1 atom stereocenters. The fourth-order valence-corrected chi connectivity index (χ4v) is 3.52. The Hall–Kier alpha value is -1.20. The summed E-state index contributed by atoms with van der Waals surface area (Å²) < 4.78 is 5.45. The second-order valence-electron chi connectivity index (χ2n) is 5.66. The molecule has 0 saturated carbocycles. The van der Waals surface area contributed by atoms with Crippen molar-refractivity contribution < 1.29 is 9.53 Å². The van der Waals surface area contributed by atoms with Gasteiger partial charge in [0.05, 0.1) is 13.0 Å². The lowest BCUT2D eigenvalue weighted by Gasteiger charge is -2.32. The minimum atomic E-state index is 0.126. The smallest absolute Gasteiger partial charge is 0.224 e. The fourth-order valence-electron chi connectivity index (χ4n) is 2.97. The van der Waals surface area contributed by atoms with Gasteiger partial charge in [-0.15, -0.1) is 11.8 Å². The molecule has 1 N–H and O–H groups in total. The van der Waals surface area contributed by atoms with E-state index >= 15 is 0 Å². The van der Waals surface area contributed by atoms with Crippen LogP contribution in [0.2, 0.25) is 0 Å². The molecule has 5 heteroatoms. The number of hydrogen-bond donors (Lipinski definition) is 1. The predicted octanol–water partition coefficient (Wildman–Crippen LogP) is 2.77. The van der Waals surface area contributed by atoms with E-state index in [0.717, 1.165) is 43.1 Å². The highest BCUT2D eigenvalue weighted by Gasteiger charge is 2.25. The third-order valence-electron chi connectivity index (χ3n) is 4.08. The minimum Gasteiger partial charge on any atom is -0.496 e. The molecular weight excluding hydrogens is 296 g/mol. The molecule has 0 aromatic heterocycles. The number of carbonyl (C=O) groups is 1. The van der Waals surface area contributed by atoms with E-state index in [1.807, 2.05) is 6.92 Å². The van der Waals surface area contributed by atoms with E-state index < -0.39 is 0 Å². The van der Waals surface area contributed by atoms with Crippen molar-refractivity contribution in [3.63, 3.8) is 0 Å². The maximum absolute atomic E-state index is 12.0. The lowest BCUT2D eigenvalue weighted by atomic mass is 9.96. The van der Waals surface area contributed by atoms with Crippen LogP contribution in [0.15, 0.2) is 23.1 Å². The van der Waals surface area contributed by atoms with Crippen molar-refractivity contribution in [2.75, 3.05) is 33.0 Å². The minimum absolute atomic E-state index is 0.126. The molecule has 4 nitrogen and oxygen atoms in total. The van der Waals surface area contributed by atoms with Gasteiger partial charge in [-0.05, 0) is 50.3 Å². The number of rotatable bonds is 6. The third-order valence-corrected chi connectivity index (χ3v) is 4.86. The normalized spacial score (nSPS) is 19.0. The molecule has 0 radical (unpaired) electrons. The van der Waals surface area contributed by atoms with Crippen molar-refractivity contribution in [3.05, 3.63) is 23.8 Å². The van der Waals surface area contributed by atoms with E-state index in [1.54, 1.807) is 18.9 Å². The maximum atomic E-state index is 12.0. The Morgan fingerprint density at radius 2 is 2.32 bits per heavy atom. The predicted molar refractivity (Wildman–Crippen MR) is 91.5 cm³/mol. The average molecular weight is 322 g/mol. The lowest BCUT2D eigenvalue weighted by Crippen LogP contribution is -2.42. The van der Waals surface area contributed by atoms with Gasteiger partial charge in [-0.3, -0.25) is 9.69 Å². The van der Waals surface area contributed by atoms with Crippen LogP contribution in [0.25, 0.3) is 0 Å². The number of carbonyl (C=O) groups excluding carboxylic acids is 1. The molecule has 1 amide bonds. The van der Waals surface area contributed by atoms with Gasteiger partial charge in [-0.25, -0.2) is 0 Å². The van der Waals surface area contributed by atoms with Crippen LogP contribution < -0.4 is 10.1 Å². The molecule has 1 aromatic carbocycles. The molecular formula is C17H26N2O2S. The first-order chi connectivity index (χ1) is 10.7. The van der Waals surface area contributed by atoms with Crippen molar-refractivity contribution in [1.29, 1.82) is 0 Å². The Kier molecular flexibility index (Phi) is 6.58. The van der Waals surface area contributed by atoms with Gasteiger partial charge in [0.2, 0.25) is 5.91 Å². The Morgan fingerprint density at radius 3 is 3.00 bits per heavy atom. The van der Waals surface area contributed by atoms with Gasteiger partial charge in [-0.1, -0.05) is 6.07 Å². The van der Waals surface area contributed by atoms with Gasteiger partial charge < -0.3 is 10.1 Å². The number of thioether (sulfide) groups is 1. The molecule has 0 aliphatic carbocycles. The first kappa shape index (κ1) is 17.2. The first-order valence-electron chi connectivity index (χ1n) is 7.88. The number of nitrogens with zero attached hydrogens (tertiary/aromatic N) is 1. The number of nitrogens with one attached hydrogen (secondary N) is 1. The number of benzene rings is 1. The molecule has 0 spiro atoms. The zero-order valence-corrected chi connectivity index (χ0v) is 14.5. The average Bonchev–Trinajstić information content (AvgIpc) is 2.55. The van der Waals surface area contributed by atoms with Gasteiger partial charge in [0.15, 0.2) is 0 Å². The van der Waals surface area contributed by atoms with Crippen LogP contribution in [0, 0.1) is 5.92 Å². The van der Waals surface area contributed by atoms with E-state index in [1.165, 1.54) is 5.56 Å². The largest absolute Gasteiger partial charge is 0.496 e. The van der Waals surface area contributed by atoms with Gasteiger partial charge in [0, 0.05) is 24.5 Å². The van der Waals surface area contributed by atoms with Crippen LogP contribution in [0.1, 0.15) is 25.3 Å². The summed E-state index contributed by atoms with van der Waals surface area (Å²) >= 11 is 1.69.